The van der Waals surface area contributed by atoms with E-state index in [4.69, 9.17) is 9.47 Å². The molecular formula is C31H43NO10. The van der Waals surface area contributed by atoms with Crippen molar-refractivity contribution in [2.24, 2.45) is 28.6 Å². The summed E-state index contributed by atoms with van der Waals surface area (Å²) in [5, 5.41) is 33.2. The predicted octanol–water partition coefficient (Wildman–Crippen LogP) is 1.25. The minimum absolute atomic E-state index is 0.00254. The molecule has 0 aromatic rings. The number of aliphatic hydroxyl groups excluding tert-OH is 2. The monoisotopic (exact) mass is 589 g/mol. The van der Waals surface area contributed by atoms with Crippen LogP contribution in [0.2, 0.25) is 0 Å². The summed E-state index contributed by atoms with van der Waals surface area (Å²) in [7, 11) is 1.19. The Balaban J connectivity index is 1.20. The van der Waals surface area contributed by atoms with Gasteiger partial charge in [-0.1, -0.05) is 19.4 Å². The fourth-order valence-corrected chi connectivity index (χ4v) is 9.29. The van der Waals surface area contributed by atoms with Crippen molar-refractivity contribution in [3.05, 3.63) is 11.6 Å². The molecule has 0 radical (unpaired) electrons. The number of fused-ring (bicyclic) bond motifs is 5. The van der Waals surface area contributed by atoms with Crippen LogP contribution in [0.25, 0.3) is 0 Å². The number of esters is 2. The first-order chi connectivity index (χ1) is 19.7. The summed E-state index contributed by atoms with van der Waals surface area (Å²) in [6.07, 6.45) is 3.39. The first-order valence-corrected chi connectivity index (χ1v) is 15.1. The highest BCUT2D eigenvalue weighted by Crippen LogP contribution is 2.67. The normalized spacial score (nSPS) is 40.9. The van der Waals surface area contributed by atoms with E-state index in [1.165, 1.54) is 12.0 Å². The van der Waals surface area contributed by atoms with Gasteiger partial charge in [0.15, 0.2) is 12.4 Å². The molecule has 3 N–H and O–H groups in total. The number of carbonyl (C=O) groups excluding carboxylic acids is 5. The summed E-state index contributed by atoms with van der Waals surface area (Å²) in [5.41, 5.74) is -1.83. The fourth-order valence-electron chi connectivity index (χ4n) is 9.29. The average Bonchev–Trinajstić information content (AvgIpc) is 3.47. The second-order valence-electron chi connectivity index (χ2n) is 13.5. The van der Waals surface area contributed by atoms with Crippen molar-refractivity contribution in [3.63, 3.8) is 0 Å². The van der Waals surface area contributed by atoms with Crippen molar-refractivity contribution in [1.82, 2.24) is 4.90 Å². The fraction of sp³-hybridized carbons (Fsp3) is 0.774. The molecule has 3 saturated carbocycles. The van der Waals surface area contributed by atoms with Crippen LogP contribution in [0.3, 0.4) is 0 Å². The summed E-state index contributed by atoms with van der Waals surface area (Å²) in [6, 6.07) is -0.916. The number of β-amino-alcohol motifs (C(OH)–C–C–N with tert-alkyl or cyclic N) is 1. The van der Waals surface area contributed by atoms with E-state index in [-0.39, 0.29) is 67.6 Å². The molecule has 11 nitrogen and oxygen atoms in total. The lowest BCUT2D eigenvalue weighted by Gasteiger charge is -2.60. The highest BCUT2D eigenvalue weighted by Gasteiger charge is 2.68. The number of aliphatic hydroxyl groups is 3. The Morgan fingerprint density at radius 1 is 1.07 bits per heavy atom. The van der Waals surface area contributed by atoms with Crippen molar-refractivity contribution < 1.29 is 48.8 Å². The Hall–Kier alpha value is -2.63. The Bertz CT molecular complexity index is 1200. The Morgan fingerprint density at radius 2 is 1.81 bits per heavy atom. The van der Waals surface area contributed by atoms with Crippen molar-refractivity contribution in [1.29, 1.82) is 0 Å². The van der Waals surface area contributed by atoms with E-state index in [2.05, 4.69) is 6.92 Å². The molecule has 4 fully saturated rings. The molecule has 42 heavy (non-hydrogen) atoms. The Morgan fingerprint density at radius 3 is 2.52 bits per heavy atom. The summed E-state index contributed by atoms with van der Waals surface area (Å²) in [4.78, 5) is 63.8. The number of hydrogen-bond acceptors (Lipinski definition) is 10. The third-order valence-electron chi connectivity index (χ3n) is 11.5. The molecule has 5 aliphatic rings. The molecule has 0 aromatic carbocycles. The number of Topliss-reactive ketones (excluding diaryl/α,β-unsaturated/α-hetero) is 1. The van der Waals surface area contributed by atoms with Crippen LogP contribution >= 0.6 is 0 Å². The van der Waals surface area contributed by atoms with E-state index >= 15 is 0 Å². The van der Waals surface area contributed by atoms with E-state index in [1.54, 1.807) is 6.08 Å². The van der Waals surface area contributed by atoms with Crippen molar-refractivity contribution in [2.45, 2.75) is 102 Å². The largest absolute Gasteiger partial charge is 0.467 e. The van der Waals surface area contributed by atoms with Crippen molar-refractivity contribution >= 4 is 29.4 Å². The molecule has 0 aromatic heterocycles. The lowest BCUT2D eigenvalue weighted by atomic mass is 9.45. The van der Waals surface area contributed by atoms with Gasteiger partial charge in [0.2, 0.25) is 11.7 Å². The van der Waals surface area contributed by atoms with Crippen LogP contribution in [0.15, 0.2) is 11.6 Å². The van der Waals surface area contributed by atoms with E-state index < -0.39 is 59.5 Å². The number of ether oxygens (including phenoxy) is 2. The molecule has 1 amide bonds. The van der Waals surface area contributed by atoms with Crippen LogP contribution in [0.1, 0.15) is 78.1 Å². The van der Waals surface area contributed by atoms with Gasteiger partial charge in [-0.25, -0.2) is 4.79 Å². The molecule has 1 heterocycles. The number of likely N-dealkylation sites (tertiary alicyclic amines) is 1. The predicted molar refractivity (Wildman–Crippen MR) is 146 cm³/mol. The van der Waals surface area contributed by atoms with Gasteiger partial charge in [0.05, 0.1) is 25.7 Å². The van der Waals surface area contributed by atoms with Crippen LogP contribution in [0, 0.1) is 28.6 Å². The van der Waals surface area contributed by atoms with E-state index in [0.29, 0.717) is 19.3 Å². The number of ketones is 2. The quantitative estimate of drug-likeness (QED) is 0.368. The lowest BCUT2D eigenvalue weighted by molar-refractivity contribution is -0.184. The van der Waals surface area contributed by atoms with Gasteiger partial charge in [0.1, 0.15) is 11.6 Å². The minimum atomic E-state index is -1.77. The first kappa shape index (κ1) is 30.8. The Kier molecular flexibility index (Phi) is 8.17. The topological polar surface area (TPSA) is 168 Å². The molecule has 232 valence electrons. The maximum absolute atomic E-state index is 13.5. The summed E-state index contributed by atoms with van der Waals surface area (Å²) in [5.74, 6) is -2.37. The van der Waals surface area contributed by atoms with E-state index in [1.807, 2.05) is 6.92 Å². The molecule has 0 bridgehead atoms. The number of carbonyl (C=O) groups is 5. The van der Waals surface area contributed by atoms with Crippen molar-refractivity contribution in [2.75, 3.05) is 20.3 Å². The van der Waals surface area contributed by atoms with Crippen LogP contribution in [0.4, 0.5) is 0 Å². The van der Waals surface area contributed by atoms with Gasteiger partial charge in [-0.3, -0.25) is 19.2 Å². The molecule has 9 atom stereocenters. The highest BCUT2D eigenvalue weighted by atomic mass is 16.5. The first-order valence-electron chi connectivity index (χ1n) is 15.1. The lowest BCUT2D eigenvalue weighted by Crippen LogP contribution is -2.62. The van der Waals surface area contributed by atoms with Gasteiger partial charge in [0, 0.05) is 31.2 Å². The summed E-state index contributed by atoms with van der Waals surface area (Å²) >= 11 is 0. The third-order valence-corrected chi connectivity index (χ3v) is 11.5. The van der Waals surface area contributed by atoms with Crippen LogP contribution in [0.5, 0.6) is 0 Å². The number of nitrogens with zero attached hydrogens (tertiary/aromatic N) is 1. The molecule has 0 unspecified atom stereocenters. The van der Waals surface area contributed by atoms with Gasteiger partial charge in [0.25, 0.3) is 0 Å². The zero-order valence-electron chi connectivity index (χ0n) is 24.7. The second-order valence-corrected chi connectivity index (χ2v) is 13.5. The maximum Gasteiger partial charge on any atom is 0.328 e. The van der Waals surface area contributed by atoms with Gasteiger partial charge >= 0.3 is 11.9 Å². The zero-order valence-corrected chi connectivity index (χ0v) is 24.7. The molecular weight excluding hydrogens is 546 g/mol. The molecule has 11 heteroatoms. The standard InChI is InChI=1S/C31H43NO10/c1-29-10-8-18(33)12-17(29)4-5-20-21-9-11-31(40,30(21,2)14-23(35)27(20)29)24(36)16-42-26(38)7-6-25(37)32-15-19(34)13-22(32)28(39)41-3/h12,19-23,27,34-35,40H,4-11,13-16H2,1-3H3/t19-,20+,21+,22-,23-,27-,29+,30+,31+/m1/s1. The SMILES string of the molecule is COC(=O)[C@H]1C[C@@H](O)CN1C(=O)CCC(=O)OCC(=O)[C@@]1(O)CC[C@H]2[C@@H]3CCC4=CC(=O)CC[C@]4(C)[C@H]3[C@H](O)C[C@@]21C. The van der Waals surface area contributed by atoms with E-state index in [9.17, 15) is 39.3 Å². The number of allylic oxidation sites excluding steroid dienone is 1. The second kappa shape index (κ2) is 11.1. The zero-order chi connectivity index (χ0) is 30.6. The molecule has 0 spiro atoms. The molecule has 1 aliphatic heterocycles. The van der Waals surface area contributed by atoms with Gasteiger partial charge in [-0.15, -0.1) is 0 Å². The van der Waals surface area contributed by atoms with Crippen LogP contribution in [-0.2, 0) is 33.4 Å². The van der Waals surface area contributed by atoms with Crippen molar-refractivity contribution in [3.8, 4) is 0 Å². The average molecular weight is 590 g/mol. The number of rotatable bonds is 7. The summed E-state index contributed by atoms with van der Waals surface area (Å²) in [6.45, 7) is 3.33. The van der Waals surface area contributed by atoms with E-state index in [0.717, 1.165) is 18.4 Å². The van der Waals surface area contributed by atoms with Gasteiger partial charge < -0.3 is 29.7 Å². The van der Waals surface area contributed by atoms with Gasteiger partial charge in [-0.2, -0.15) is 0 Å². The molecule has 4 aliphatic carbocycles. The summed E-state index contributed by atoms with van der Waals surface area (Å²) < 4.78 is 9.90. The smallest absolute Gasteiger partial charge is 0.328 e. The molecule has 1 saturated heterocycles. The number of methoxy groups -OCH3 is 1. The number of hydrogen-bond donors (Lipinski definition) is 3. The third kappa shape index (κ3) is 4.91. The molecule has 5 rings (SSSR count). The highest BCUT2D eigenvalue weighted by molar-refractivity contribution is 5.92. The maximum atomic E-state index is 13.5. The Labute approximate surface area is 245 Å². The van der Waals surface area contributed by atoms with Gasteiger partial charge in [-0.05, 0) is 67.8 Å². The minimum Gasteiger partial charge on any atom is -0.467 e. The number of amides is 1. The van der Waals surface area contributed by atoms with Crippen LogP contribution < -0.4 is 0 Å². The van der Waals surface area contributed by atoms with Crippen LogP contribution in [-0.4, -0.2) is 93.7 Å².